The maximum Gasteiger partial charge on any atom is 0.164 e. The van der Waals surface area contributed by atoms with Crippen molar-refractivity contribution in [3.63, 3.8) is 0 Å². The summed E-state index contributed by atoms with van der Waals surface area (Å²) in [5.41, 5.74) is 3.69. The van der Waals surface area contributed by atoms with Crippen LogP contribution in [0.1, 0.15) is 30.0 Å². The average Bonchev–Trinajstić information content (AvgIpc) is 3.39. The Morgan fingerprint density at radius 2 is 1.88 bits per heavy atom. The summed E-state index contributed by atoms with van der Waals surface area (Å²) in [7, 11) is 4.84. The number of hydrogen-bond donors (Lipinski definition) is 1. The molecule has 2 aliphatic heterocycles. The molecule has 2 aromatic carbocycles. The molecule has 5 rings (SSSR count). The van der Waals surface area contributed by atoms with Crippen LogP contribution in [0.15, 0.2) is 41.6 Å². The molecule has 1 fully saturated rings. The largest absolute Gasteiger partial charge is 0.496 e. The number of fused-ring (bicyclic) bond motifs is 4. The second kappa shape index (κ2) is 7.36. The lowest BCUT2D eigenvalue weighted by atomic mass is 9.82. The normalized spacial score (nSPS) is 24.9. The zero-order valence-electron chi connectivity index (χ0n) is 18.7. The fourth-order valence-corrected chi connectivity index (χ4v) is 5.17. The number of benzene rings is 2. The van der Waals surface area contributed by atoms with Gasteiger partial charge in [0.15, 0.2) is 11.5 Å². The van der Waals surface area contributed by atoms with E-state index in [1.807, 2.05) is 31.2 Å². The van der Waals surface area contributed by atoms with E-state index in [-0.39, 0.29) is 12.0 Å². The fourth-order valence-electron chi connectivity index (χ4n) is 5.17. The van der Waals surface area contributed by atoms with Gasteiger partial charge in [0, 0.05) is 35.1 Å². The number of rotatable bonds is 6. The van der Waals surface area contributed by atoms with E-state index in [9.17, 15) is 5.21 Å². The van der Waals surface area contributed by atoms with Gasteiger partial charge in [0.2, 0.25) is 0 Å². The second-order valence-electron chi connectivity index (χ2n) is 8.62. The Kier molecular flexibility index (Phi) is 4.73. The van der Waals surface area contributed by atoms with E-state index in [1.165, 1.54) is 0 Å². The van der Waals surface area contributed by atoms with Gasteiger partial charge in [-0.05, 0) is 37.1 Å². The molecule has 2 heterocycles. The van der Waals surface area contributed by atoms with Gasteiger partial charge in [0.1, 0.15) is 29.1 Å². The van der Waals surface area contributed by atoms with E-state index in [0.29, 0.717) is 41.7 Å². The molecule has 1 N–H and O–H groups in total. The van der Waals surface area contributed by atoms with E-state index in [2.05, 4.69) is 11.7 Å². The van der Waals surface area contributed by atoms with Crippen LogP contribution in [0.25, 0.3) is 0 Å². The summed E-state index contributed by atoms with van der Waals surface area (Å²) < 4.78 is 28.9. The zero-order valence-corrected chi connectivity index (χ0v) is 18.7. The number of ether oxygens (including phenoxy) is 5. The highest BCUT2D eigenvalue weighted by molar-refractivity contribution is 6.13. The van der Waals surface area contributed by atoms with Crippen LogP contribution in [0.5, 0.6) is 28.7 Å². The monoisotopic (exact) mass is 437 g/mol. The molecular formula is C25H27NO6. The van der Waals surface area contributed by atoms with Crippen molar-refractivity contribution >= 4 is 5.71 Å². The van der Waals surface area contributed by atoms with Gasteiger partial charge in [0.25, 0.3) is 0 Å². The van der Waals surface area contributed by atoms with Crippen LogP contribution in [-0.4, -0.2) is 45.0 Å². The van der Waals surface area contributed by atoms with Crippen molar-refractivity contribution in [1.82, 2.24) is 0 Å². The number of nitrogens with zero attached hydrogens (tertiary/aromatic N) is 1. The summed E-state index contributed by atoms with van der Waals surface area (Å²) in [5, 5.41) is 14.1. The third kappa shape index (κ3) is 2.76. The highest BCUT2D eigenvalue weighted by Crippen LogP contribution is 2.63. The predicted octanol–water partition coefficient (Wildman–Crippen LogP) is 4.12. The molecule has 0 radical (unpaired) electrons. The van der Waals surface area contributed by atoms with Gasteiger partial charge in [-0.1, -0.05) is 11.7 Å². The van der Waals surface area contributed by atoms with Crippen molar-refractivity contribution in [3.8, 4) is 28.7 Å². The van der Waals surface area contributed by atoms with Gasteiger partial charge >= 0.3 is 0 Å². The summed E-state index contributed by atoms with van der Waals surface area (Å²) in [6.45, 7) is 6.52. The topological polar surface area (TPSA) is 78.7 Å². The molecule has 0 aromatic heterocycles. The lowest BCUT2D eigenvalue weighted by molar-refractivity contribution is 0.264. The Morgan fingerprint density at radius 1 is 1.12 bits per heavy atom. The molecule has 0 spiro atoms. The van der Waals surface area contributed by atoms with E-state index >= 15 is 0 Å². The van der Waals surface area contributed by atoms with Crippen molar-refractivity contribution < 1.29 is 28.9 Å². The van der Waals surface area contributed by atoms with E-state index in [0.717, 1.165) is 34.4 Å². The van der Waals surface area contributed by atoms with Crippen molar-refractivity contribution in [1.29, 1.82) is 0 Å². The Balaban J connectivity index is 1.64. The van der Waals surface area contributed by atoms with Crippen LogP contribution in [-0.2, 0) is 11.8 Å². The van der Waals surface area contributed by atoms with Gasteiger partial charge in [-0.2, -0.15) is 0 Å². The molecule has 0 amide bonds. The second-order valence-corrected chi connectivity index (χ2v) is 8.62. The molecule has 0 unspecified atom stereocenters. The number of oxime groups is 1. The Hall–Kier alpha value is -3.35. The summed E-state index contributed by atoms with van der Waals surface area (Å²) in [6, 6.07) is 7.60. The third-order valence-corrected chi connectivity index (χ3v) is 6.92. The van der Waals surface area contributed by atoms with Crippen molar-refractivity contribution in [2.45, 2.75) is 31.3 Å². The van der Waals surface area contributed by atoms with Gasteiger partial charge in [-0.25, -0.2) is 0 Å². The maximum atomic E-state index is 10.3. The first kappa shape index (κ1) is 20.5. The van der Waals surface area contributed by atoms with Gasteiger partial charge < -0.3 is 28.9 Å². The first-order valence-corrected chi connectivity index (χ1v) is 10.6. The quantitative estimate of drug-likeness (QED) is 0.317. The van der Waals surface area contributed by atoms with Crippen LogP contribution in [0, 0.1) is 5.92 Å². The van der Waals surface area contributed by atoms with Crippen molar-refractivity contribution in [2.24, 2.45) is 11.1 Å². The molecule has 3 aliphatic rings. The van der Waals surface area contributed by atoms with Gasteiger partial charge in [-0.15, -0.1) is 0 Å². The Bertz CT molecular complexity index is 1140. The molecule has 1 saturated carbocycles. The maximum absolute atomic E-state index is 10.3. The lowest BCUT2D eigenvalue weighted by Gasteiger charge is -2.28. The Labute approximate surface area is 187 Å². The minimum Gasteiger partial charge on any atom is -0.496 e. The molecule has 0 bridgehead atoms. The lowest BCUT2D eigenvalue weighted by Crippen LogP contribution is -2.30. The highest BCUT2D eigenvalue weighted by Gasteiger charge is 2.63. The molecule has 0 saturated heterocycles. The van der Waals surface area contributed by atoms with Gasteiger partial charge in [-0.3, -0.25) is 0 Å². The molecule has 3 atom stereocenters. The summed E-state index contributed by atoms with van der Waals surface area (Å²) >= 11 is 0. The Morgan fingerprint density at radius 3 is 2.53 bits per heavy atom. The van der Waals surface area contributed by atoms with Crippen molar-refractivity contribution in [2.75, 3.05) is 27.9 Å². The van der Waals surface area contributed by atoms with Crippen LogP contribution >= 0.6 is 0 Å². The first-order valence-electron chi connectivity index (χ1n) is 10.6. The van der Waals surface area contributed by atoms with Crippen molar-refractivity contribution in [3.05, 3.63) is 53.1 Å². The smallest absolute Gasteiger partial charge is 0.164 e. The summed E-state index contributed by atoms with van der Waals surface area (Å²) in [6.07, 6.45) is 1.39. The molecule has 1 aliphatic carbocycles. The van der Waals surface area contributed by atoms with E-state index < -0.39 is 5.41 Å². The van der Waals surface area contributed by atoms with Crippen LogP contribution in [0.4, 0.5) is 0 Å². The van der Waals surface area contributed by atoms with Gasteiger partial charge in [0.05, 0.1) is 33.4 Å². The molecule has 168 valence electrons. The van der Waals surface area contributed by atoms with E-state index in [1.54, 1.807) is 21.3 Å². The minimum absolute atomic E-state index is 0.0870. The molecule has 2 aromatic rings. The summed E-state index contributed by atoms with van der Waals surface area (Å²) in [4.78, 5) is 0. The summed E-state index contributed by atoms with van der Waals surface area (Å²) in [5.74, 6) is 3.56. The average molecular weight is 437 g/mol. The number of hydrogen-bond acceptors (Lipinski definition) is 7. The predicted molar refractivity (Wildman–Crippen MR) is 119 cm³/mol. The third-order valence-electron chi connectivity index (χ3n) is 6.92. The van der Waals surface area contributed by atoms with Crippen LogP contribution in [0.3, 0.4) is 0 Å². The first-order chi connectivity index (χ1) is 15.5. The molecule has 32 heavy (non-hydrogen) atoms. The highest BCUT2D eigenvalue weighted by atomic mass is 16.5. The van der Waals surface area contributed by atoms with Crippen LogP contribution in [0.2, 0.25) is 0 Å². The fraction of sp³-hybridized carbons (Fsp3) is 0.400. The molecular weight excluding hydrogens is 410 g/mol. The van der Waals surface area contributed by atoms with E-state index in [4.69, 9.17) is 23.7 Å². The molecule has 7 heteroatoms. The van der Waals surface area contributed by atoms with Crippen LogP contribution < -0.4 is 23.7 Å². The minimum atomic E-state index is -0.489. The standard InChI is InChI=1S/C25H27NO6/c1-13(2)19-8-16-18(32-19)7-6-15(23(16)30-5)24(26-27)25-11-14(25)12-31-20-10-22(29-4)21(28-3)9-17(20)25/h6-7,9-10,14,19,27H,1,8,11-12H2,2-5H3/b26-24-/t14-,19-,25+/m1/s1. The SMILES string of the molecule is C=C(C)[C@H]1Cc2c(ccc(/C(=N/O)[C@@]34C[C@@H]3COc3cc(OC)c(OC)cc34)c2OC)O1. The molecule has 7 nitrogen and oxygen atoms in total. The zero-order chi connectivity index (χ0) is 22.6. The number of methoxy groups -OCH3 is 3.